The van der Waals surface area contributed by atoms with Crippen LogP contribution >= 0.6 is 11.8 Å². The van der Waals surface area contributed by atoms with Gasteiger partial charge in [0.05, 0.1) is 18.2 Å². The molecule has 1 aliphatic heterocycles. The molecule has 0 radical (unpaired) electrons. The Bertz CT molecular complexity index is 713. The smallest absolute Gasteiger partial charge is 0.181 e. The van der Waals surface area contributed by atoms with E-state index in [9.17, 15) is 15.3 Å². The summed E-state index contributed by atoms with van der Waals surface area (Å²) in [4.78, 5) is 8.62. The first-order valence-corrected chi connectivity index (χ1v) is 10.1. The quantitative estimate of drug-likeness (QED) is 0.340. The van der Waals surface area contributed by atoms with Gasteiger partial charge in [0.2, 0.25) is 0 Å². The van der Waals surface area contributed by atoms with Gasteiger partial charge in [0.25, 0.3) is 0 Å². The lowest BCUT2D eigenvalue weighted by Gasteiger charge is -2.15. The molecule has 8 nitrogen and oxygen atoms in total. The molecule has 144 valence electrons. The number of hydrogen-bond acceptors (Lipinski definition) is 8. The van der Waals surface area contributed by atoms with E-state index in [1.807, 2.05) is 0 Å². The van der Waals surface area contributed by atoms with E-state index >= 15 is 0 Å². The van der Waals surface area contributed by atoms with Crippen molar-refractivity contribution in [3.05, 3.63) is 12.5 Å². The molecule has 9 heteroatoms. The molecule has 1 fully saturated rings. The predicted molar refractivity (Wildman–Crippen MR) is 97.8 cm³/mol. The van der Waals surface area contributed by atoms with Gasteiger partial charge < -0.3 is 20.1 Å². The number of thioether (sulfide) groups is 1. The normalized spacial score (nSPS) is 26.0. The van der Waals surface area contributed by atoms with E-state index in [0.717, 1.165) is 22.6 Å². The van der Waals surface area contributed by atoms with Crippen molar-refractivity contribution in [1.29, 1.82) is 0 Å². The lowest BCUT2D eigenvalue weighted by Crippen LogP contribution is -2.33. The zero-order valence-corrected chi connectivity index (χ0v) is 15.7. The van der Waals surface area contributed by atoms with Crippen molar-refractivity contribution in [2.45, 2.75) is 68.6 Å². The Balaban J connectivity index is 1.71. The molecule has 0 spiro atoms. The minimum absolute atomic E-state index is 0.373. The van der Waals surface area contributed by atoms with E-state index in [0.29, 0.717) is 5.65 Å². The molecular weight excluding hydrogens is 356 g/mol. The number of aromatic nitrogens is 4. The summed E-state index contributed by atoms with van der Waals surface area (Å²) in [6, 6.07) is 0. The summed E-state index contributed by atoms with van der Waals surface area (Å²) in [6.45, 7) is 1.83. The Hall–Kier alpha value is -1.26. The number of rotatable bonds is 9. The van der Waals surface area contributed by atoms with E-state index in [2.05, 4.69) is 22.0 Å². The molecule has 0 bridgehead atoms. The highest BCUT2D eigenvalue weighted by atomic mass is 32.2. The fourth-order valence-electron chi connectivity index (χ4n) is 3.10. The maximum atomic E-state index is 10.2. The molecule has 3 heterocycles. The van der Waals surface area contributed by atoms with Gasteiger partial charge in [-0.15, -0.1) is 11.8 Å². The fourth-order valence-corrected chi connectivity index (χ4v) is 4.06. The van der Waals surface area contributed by atoms with Crippen molar-refractivity contribution in [3.63, 3.8) is 0 Å². The molecule has 1 unspecified atom stereocenters. The van der Waals surface area contributed by atoms with E-state index in [4.69, 9.17) is 4.74 Å². The first-order valence-electron chi connectivity index (χ1n) is 9.10. The molecule has 2 aromatic heterocycles. The molecule has 0 amide bonds. The average molecular weight is 382 g/mol. The van der Waals surface area contributed by atoms with Gasteiger partial charge in [-0.3, -0.25) is 0 Å². The zero-order valence-electron chi connectivity index (χ0n) is 14.9. The van der Waals surface area contributed by atoms with Crippen LogP contribution in [-0.2, 0) is 4.74 Å². The van der Waals surface area contributed by atoms with Crippen LogP contribution in [0.15, 0.2) is 17.6 Å². The second-order valence-corrected chi connectivity index (χ2v) is 7.58. The third kappa shape index (κ3) is 4.01. The van der Waals surface area contributed by atoms with Crippen LogP contribution in [0, 0.1) is 0 Å². The van der Waals surface area contributed by atoms with E-state index in [1.165, 1.54) is 36.7 Å². The van der Waals surface area contributed by atoms with Gasteiger partial charge in [-0.25, -0.2) is 14.6 Å². The first-order chi connectivity index (χ1) is 12.7. The Morgan fingerprint density at radius 3 is 2.69 bits per heavy atom. The number of unbranched alkanes of at least 4 members (excludes halogenated alkanes) is 4. The maximum absolute atomic E-state index is 10.2. The molecule has 0 saturated carbocycles. The summed E-state index contributed by atoms with van der Waals surface area (Å²) in [5, 5.41) is 35.3. The van der Waals surface area contributed by atoms with E-state index < -0.39 is 24.5 Å². The van der Waals surface area contributed by atoms with Crippen LogP contribution in [0.25, 0.3) is 11.0 Å². The molecule has 0 aromatic carbocycles. The Morgan fingerprint density at radius 2 is 1.96 bits per heavy atom. The average Bonchev–Trinajstić information content (AvgIpc) is 3.20. The third-order valence-corrected chi connectivity index (χ3v) is 5.69. The van der Waals surface area contributed by atoms with Crippen LogP contribution in [-0.4, -0.2) is 65.7 Å². The number of ether oxygens (including phenoxy) is 1. The largest absolute Gasteiger partial charge is 0.394 e. The van der Waals surface area contributed by atoms with Gasteiger partial charge >= 0.3 is 0 Å². The van der Waals surface area contributed by atoms with Gasteiger partial charge in [0.1, 0.15) is 29.7 Å². The summed E-state index contributed by atoms with van der Waals surface area (Å²) in [5.41, 5.74) is 0.545. The molecule has 4 atom stereocenters. The van der Waals surface area contributed by atoms with Crippen LogP contribution in [0.5, 0.6) is 0 Å². The second kappa shape index (κ2) is 9.09. The lowest BCUT2D eigenvalue weighted by atomic mass is 10.1. The second-order valence-electron chi connectivity index (χ2n) is 6.50. The molecule has 26 heavy (non-hydrogen) atoms. The van der Waals surface area contributed by atoms with Crippen molar-refractivity contribution in [2.24, 2.45) is 0 Å². The highest BCUT2D eigenvalue weighted by Gasteiger charge is 2.44. The number of aliphatic hydroxyl groups excluding tert-OH is 3. The Labute approximate surface area is 156 Å². The zero-order chi connectivity index (χ0) is 18.5. The fraction of sp³-hybridized carbons (Fsp3) is 0.706. The summed E-state index contributed by atoms with van der Waals surface area (Å²) >= 11 is 1.67. The molecule has 2 aromatic rings. The lowest BCUT2D eigenvalue weighted by molar-refractivity contribution is -0.0566. The van der Waals surface area contributed by atoms with Gasteiger partial charge in [-0.1, -0.05) is 32.6 Å². The van der Waals surface area contributed by atoms with E-state index in [-0.39, 0.29) is 6.61 Å². The minimum atomic E-state index is -1.18. The maximum Gasteiger partial charge on any atom is 0.181 e. The number of nitrogens with zero attached hydrogens (tertiary/aromatic N) is 4. The number of aliphatic hydroxyl groups is 3. The van der Waals surface area contributed by atoms with Crippen molar-refractivity contribution in [2.75, 3.05) is 12.4 Å². The standard InChI is InChI=1S/C17H26N4O4S/c1-2-3-4-5-6-7-26-16-11-8-20-21(15(11)18-10-19-16)17-14(24)13(23)12(9-22)25-17/h8,10,12-14,17,22-24H,2-7,9H2,1H3/t12-,13-,14-,17?/m1/s1. The summed E-state index contributed by atoms with van der Waals surface area (Å²) in [5.74, 6) is 0.981. The van der Waals surface area contributed by atoms with Crippen molar-refractivity contribution >= 4 is 22.8 Å². The van der Waals surface area contributed by atoms with Crippen molar-refractivity contribution in [3.8, 4) is 0 Å². The number of hydrogen-bond donors (Lipinski definition) is 3. The first kappa shape index (κ1) is 19.5. The van der Waals surface area contributed by atoms with Gasteiger partial charge in [-0.05, 0) is 12.2 Å². The third-order valence-electron chi connectivity index (χ3n) is 4.60. The van der Waals surface area contributed by atoms with Crippen LogP contribution < -0.4 is 0 Å². The van der Waals surface area contributed by atoms with Gasteiger partial charge in [0.15, 0.2) is 11.9 Å². The number of fused-ring (bicyclic) bond motifs is 1. The Morgan fingerprint density at radius 1 is 1.15 bits per heavy atom. The minimum Gasteiger partial charge on any atom is -0.394 e. The summed E-state index contributed by atoms with van der Waals surface area (Å²) in [7, 11) is 0. The molecule has 0 aliphatic carbocycles. The van der Waals surface area contributed by atoms with Gasteiger partial charge in [-0.2, -0.15) is 5.10 Å². The van der Waals surface area contributed by atoms with Crippen LogP contribution in [0.2, 0.25) is 0 Å². The topological polar surface area (TPSA) is 114 Å². The predicted octanol–water partition coefficient (Wildman–Crippen LogP) is 1.50. The van der Waals surface area contributed by atoms with Crippen LogP contribution in [0.1, 0.15) is 45.3 Å². The summed E-state index contributed by atoms with van der Waals surface area (Å²) in [6.07, 6.45) is 5.19. The van der Waals surface area contributed by atoms with E-state index in [1.54, 1.807) is 18.0 Å². The molecule has 3 rings (SSSR count). The molecule has 3 N–H and O–H groups in total. The highest BCUT2D eigenvalue weighted by molar-refractivity contribution is 7.99. The van der Waals surface area contributed by atoms with Crippen LogP contribution in [0.4, 0.5) is 0 Å². The van der Waals surface area contributed by atoms with Crippen LogP contribution in [0.3, 0.4) is 0 Å². The SMILES string of the molecule is CCCCCCCSc1ncnc2c1cnn2C1O[C@H](CO)[C@@H](O)[C@H]1O. The van der Waals surface area contributed by atoms with Crippen molar-refractivity contribution < 1.29 is 20.1 Å². The molecule has 1 aliphatic rings. The monoisotopic (exact) mass is 382 g/mol. The molecule has 1 saturated heterocycles. The van der Waals surface area contributed by atoms with Crippen molar-refractivity contribution in [1.82, 2.24) is 19.7 Å². The molecular formula is C17H26N4O4S. The van der Waals surface area contributed by atoms with Gasteiger partial charge in [0, 0.05) is 0 Å². The summed E-state index contributed by atoms with van der Waals surface area (Å²) < 4.78 is 7.00. The highest BCUT2D eigenvalue weighted by Crippen LogP contribution is 2.32. The Kier molecular flexibility index (Phi) is 6.82.